The normalized spacial score (nSPS) is 16.5. The summed E-state index contributed by atoms with van der Waals surface area (Å²) < 4.78 is 28.8. The lowest BCUT2D eigenvalue weighted by Gasteiger charge is -2.36. The van der Waals surface area contributed by atoms with Crippen molar-refractivity contribution in [3.63, 3.8) is 0 Å². The van der Waals surface area contributed by atoms with Gasteiger partial charge in [0.05, 0.1) is 5.52 Å². The van der Waals surface area contributed by atoms with E-state index in [0.29, 0.717) is 35.8 Å². The van der Waals surface area contributed by atoms with Crippen molar-refractivity contribution in [2.75, 3.05) is 35.8 Å². The molecule has 39 heavy (non-hydrogen) atoms. The Morgan fingerprint density at radius 3 is 2.23 bits per heavy atom. The first kappa shape index (κ1) is 25.4. The molecule has 1 aliphatic carbocycles. The van der Waals surface area contributed by atoms with Gasteiger partial charge in [-0.1, -0.05) is 43.2 Å². The van der Waals surface area contributed by atoms with Gasteiger partial charge >= 0.3 is 0 Å². The zero-order valence-corrected chi connectivity index (χ0v) is 22.6. The molecular weight excluding hydrogens is 508 g/mol. The number of benzene rings is 3. The molecule has 2 heterocycles. The number of nitrogens with zero attached hydrogens (tertiary/aromatic N) is 3. The highest BCUT2D eigenvalue weighted by Crippen LogP contribution is 2.35. The number of carbonyl (C=O) groups is 1. The number of piperazine rings is 1. The van der Waals surface area contributed by atoms with E-state index < -0.39 is 10.0 Å². The summed E-state index contributed by atoms with van der Waals surface area (Å²) in [5.74, 6) is 0.671. The van der Waals surface area contributed by atoms with Crippen LogP contribution < -0.4 is 9.62 Å². The Kier molecular flexibility index (Phi) is 6.95. The average molecular weight is 541 g/mol. The molecule has 200 valence electrons. The second kappa shape index (κ2) is 10.7. The Morgan fingerprint density at radius 1 is 0.821 bits per heavy atom. The zero-order valence-electron chi connectivity index (χ0n) is 21.8. The van der Waals surface area contributed by atoms with Crippen molar-refractivity contribution < 1.29 is 13.2 Å². The van der Waals surface area contributed by atoms with Crippen molar-refractivity contribution in [2.24, 2.45) is 0 Å². The first-order valence-corrected chi connectivity index (χ1v) is 15.1. The Labute approximate surface area is 229 Å². The highest BCUT2D eigenvalue weighted by Gasteiger charge is 2.24. The van der Waals surface area contributed by atoms with Crippen LogP contribution in [0.4, 0.5) is 11.4 Å². The van der Waals surface area contributed by atoms with E-state index in [0.717, 1.165) is 18.5 Å². The van der Waals surface area contributed by atoms with Gasteiger partial charge in [-0.2, -0.15) is 0 Å². The van der Waals surface area contributed by atoms with Crippen molar-refractivity contribution in [2.45, 2.75) is 36.5 Å². The summed E-state index contributed by atoms with van der Waals surface area (Å²) in [5, 5.41) is 0.752. The number of sulfonamides is 1. The van der Waals surface area contributed by atoms with Crippen LogP contribution in [0, 0.1) is 0 Å². The first-order valence-electron chi connectivity index (χ1n) is 13.6. The molecule has 2 aliphatic rings. The number of nitrogens with one attached hydrogen (secondary N) is 1. The Morgan fingerprint density at radius 2 is 1.51 bits per heavy atom. The molecule has 3 aromatic carbocycles. The van der Waals surface area contributed by atoms with Crippen molar-refractivity contribution in [3.8, 4) is 0 Å². The van der Waals surface area contributed by atoms with E-state index in [1.54, 1.807) is 48.7 Å². The highest BCUT2D eigenvalue weighted by molar-refractivity contribution is 7.93. The number of pyridine rings is 1. The van der Waals surface area contributed by atoms with Crippen LogP contribution in [-0.4, -0.2) is 50.4 Å². The van der Waals surface area contributed by atoms with Gasteiger partial charge < -0.3 is 9.80 Å². The quantitative estimate of drug-likeness (QED) is 0.342. The average Bonchev–Trinajstić information content (AvgIpc) is 3.52. The summed E-state index contributed by atoms with van der Waals surface area (Å²) in [6.07, 6.45) is 6.85. The van der Waals surface area contributed by atoms with Crippen molar-refractivity contribution in [1.82, 2.24) is 9.88 Å². The van der Waals surface area contributed by atoms with E-state index in [9.17, 15) is 13.2 Å². The van der Waals surface area contributed by atoms with Gasteiger partial charge in [0.25, 0.3) is 15.9 Å². The summed E-state index contributed by atoms with van der Waals surface area (Å²) in [6.45, 7) is 2.86. The second-order valence-corrected chi connectivity index (χ2v) is 12.0. The van der Waals surface area contributed by atoms with E-state index >= 15 is 0 Å². The van der Waals surface area contributed by atoms with Gasteiger partial charge in [0.15, 0.2) is 0 Å². The molecule has 7 nitrogen and oxygen atoms in total. The number of hydrogen-bond donors (Lipinski definition) is 1. The number of carbonyl (C=O) groups excluding carboxylic acids is 1. The Bertz CT molecular complexity index is 1570. The molecule has 1 aliphatic heterocycles. The van der Waals surface area contributed by atoms with E-state index in [2.05, 4.69) is 38.9 Å². The van der Waals surface area contributed by atoms with Gasteiger partial charge in [-0.05, 0) is 72.9 Å². The third-order valence-electron chi connectivity index (χ3n) is 7.92. The third-order valence-corrected chi connectivity index (χ3v) is 9.33. The van der Waals surface area contributed by atoms with E-state index in [1.807, 2.05) is 17.0 Å². The van der Waals surface area contributed by atoms with Crippen LogP contribution in [-0.2, 0) is 10.0 Å². The standard InChI is InChI=1S/C31H32N4O3S/c36-31(35-21-19-34(20-22-35)28-16-12-24(13-17-28)23-5-1-2-6-23)26-10-14-27(15-11-26)33-39(37,38)29-9-3-7-25-8-4-18-32-30(25)29/h3-4,7-18,23,33H,1-2,5-6,19-22H2. The maximum absolute atomic E-state index is 13.2. The van der Waals surface area contributed by atoms with E-state index in [4.69, 9.17) is 0 Å². The fourth-order valence-corrected chi connectivity index (χ4v) is 6.99. The summed E-state index contributed by atoms with van der Waals surface area (Å²) in [7, 11) is -3.85. The second-order valence-electron chi connectivity index (χ2n) is 10.4. The number of para-hydroxylation sites is 1. The summed E-state index contributed by atoms with van der Waals surface area (Å²) >= 11 is 0. The Balaban J connectivity index is 1.07. The molecule has 0 radical (unpaired) electrons. The lowest BCUT2D eigenvalue weighted by atomic mass is 9.97. The third kappa shape index (κ3) is 5.34. The predicted molar refractivity (Wildman–Crippen MR) is 155 cm³/mol. The predicted octanol–water partition coefficient (Wildman–Crippen LogP) is 5.66. The topological polar surface area (TPSA) is 82.6 Å². The van der Waals surface area contributed by atoms with Crippen LogP contribution >= 0.6 is 0 Å². The molecule has 0 unspecified atom stereocenters. The minimum absolute atomic E-state index is 0.0427. The summed E-state index contributed by atoms with van der Waals surface area (Å²) in [5.41, 5.74) is 4.01. The van der Waals surface area contributed by atoms with Gasteiger partial charge in [-0.15, -0.1) is 0 Å². The van der Waals surface area contributed by atoms with E-state index in [-0.39, 0.29) is 10.8 Å². The smallest absolute Gasteiger partial charge is 0.264 e. The zero-order chi connectivity index (χ0) is 26.8. The minimum Gasteiger partial charge on any atom is -0.368 e. The number of rotatable bonds is 6. The summed E-state index contributed by atoms with van der Waals surface area (Å²) in [4.78, 5) is 21.7. The molecule has 2 fully saturated rings. The van der Waals surface area contributed by atoms with Gasteiger partial charge in [-0.25, -0.2) is 8.42 Å². The van der Waals surface area contributed by atoms with Crippen LogP contribution in [0.25, 0.3) is 10.9 Å². The van der Waals surface area contributed by atoms with Gasteiger partial charge in [0.2, 0.25) is 0 Å². The molecule has 0 bridgehead atoms. The molecule has 1 saturated heterocycles. The molecule has 1 N–H and O–H groups in total. The molecule has 1 saturated carbocycles. The molecular formula is C31H32N4O3S. The van der Waals surface area contributed by atoms with Crippen molar-refractivity contribution >= 4 is 38.2 Å². The number of anilines is 2. The maximum Gasteiger partial charge on any atom is 0.264 e. The molecule has 1 aromatic heterocycles. The fraction of sp³-hybridized carbons (Fsp3) is 0.290. The summed E-state index contributed by atoms with van der Waals surface area (Å²) in [6, 6.07) is 24.3. The molecule has 0 atom stereocenters. The molecule has 4 aromatic rings. The SMILES string of the molecule is O=C(c1ccc(NS(=O)(=O)c2cccc3cccnc23)cc1)N1CCN(c2ccc(C3CCCC3)cc2)CC1. The lowest BCUT2D eigenvalue weighted by Crippen LogP contribution is -2.48. The van der Waals surface area contributed by atoms with E-state index in [1.165, 1.54) is 36.9 Å². The number of fused-ring (bicyclic) bond motifs is 1. The first-order chi connectivity index (χ1) is 19.0. The fourth-order valence-electron chi connectivity index (χ4n) is 5.75. The Hall–Kier alpha value is -3.91. The van der Waals surface area contributed by atoms with Crippen molar-refractivity contribution in [1.29, 1.82) is 0 Å². The number of hydrogen-bond acceptors (Lipinski definition) is 5. The largest absolute Gasteiger partial charge is 0.368 e. The van der Waals surface area contributed by atoms with Crippen LogP contribution in [0.2, 0.25) is 0 Å². The molecule has 1 amide bonds. The number of aromatic nitrogens is 1. The lowest BCUT2D eigenvalue weighted by molar-refractivity contribution is 0.0747. The van der Waals surface area contributed by atoms with Gasteiger partial charge in [-0.3, -0.25) is 14.5 Å². The molecule has 0 spiro atoms. The van der Waals surface area contributed by atoms with Crippen molar-refractivity contribution in [3.05, 3.63) is 96.2 Å². The van der Waals surface area contributed by atoms with Gasteiger partial charge in [0.1, 0.15) is 4.90 Å². The molecule has 6 rings (SSSR count). The molecule has 8 heteroatoms. The van der Waals surface area contributed by atoms with Gasteiger partial charge in [0, 0.05) is 54.7 Å². The minimum atomic E-state index is -3.85. The van der Waals surface area contributed by atoms with Crippen LogP contribution in [0.5, 0.6) is 0 Å². The van der Waals surface area contributed by atoms with Crippen LogP contribution in [0.3, 0.4) is 0 Å². The monoisotopic (exact) mass is 540 g/mol. The van der Waals surface area contributed by atoms with Crippen LogP contribution in [0.1, 0.15) is 47.5 Å². The number of amides is 1. The maximum atomic E-state index is 13.2. The highest BCUT2D eigenvalue weighted by atomic mass is 32.2. The van der Waals surface area contributed by atoms with Crippen LogP contribution in [0.15, 0.2) is 90.0 Å².